The lowest BCUT2D eigenvalue weighted by Crippen LogP contribution is -2.21. The van der Waals surface area contributed by atoms with Gasteiger partial charge >= 0.3 is 0 Å². The number of anilines is 2. The van der Waals surface area contributed by atoms with E-state index in [1.54, 1.807) is 0 Å². The predicted octanol–water partition coefficient (Wildman–Crippen LogP) is 2.01. The topological polar surface area (TPSA) is 70.2 Å². The third kappa shape index (κ3) is 4.53. The third-order valence-corrected chi connectivity index (χ3v) is 3.15. The average Bonchev–Trinajstić information content (AvgIpc) is 2.50. The number of likely N-dealkylation sites (N-methyl/N-ethyl adjacent to an activating group) is 1. The first-order chi connectivity index (χ1) is 10.6. The van der Waals surface area contributed by atoms with Crippen LogP contribution in [-0.4, -0.2) is 48.0 Å². The Bertz CT molecular complexity index is 625. The van der Waals surface area contributed by atoms with Gasteiger partial charge in [0.15, 0.2) is 0 Å². The van der Waals surface area contributed by atoms with E-state index < -0.39 is 0 Å². The molecule has 0 aliphatic rings. The Labute approximate surface area is 130 Å². The highest BCUT2D eigenvalue weighted by atomic mass is 16.1. The van der Waals surface area contributed by atoms with Crippen molar-refractivity contribution in [3.8, 4) is 0 Å². The van der Waals surface area contributed by atoms with E-state index in [1.807, 2.05) is 45.3 Å². The second kappa shape index (κ2) is 7.51. The minimum absolute atomic E-state index is 0.214. The molecule has 0 saturated heterocycles. The number of nitrogens with zero attached hydrogens (tertiary/aromatic N) is 3. The zero-order valence-electron chi connectivity index (χ0n) is 13.1. The van der Waals surface area contributed by atoms with Crippen molar-refractivity contribution < 1.29 is 4.79 Å². The van der Waals surface area contributed by atoms with Crippen LogP contribution in [0.3, 0.4) is 0 Å². The Kier molecular flexibility index (Phi) is 5.43. The van der Waals surface area contributed by atoms with Crippen LogP contribution in [0, 0.1) is 6.92 Å². The fourth-order valence-electron chi connectivity index (χ4n) is 1.84. The summed E-state index contributed by atoms with van der Waals surface area (Å²) in [6.45, 7) is 3.59. The number of carbonyl (C=O) groups is 1. The molecule has 6 heteroatoms. The second-order valence-electron chi connectivity index (χ2n) is 5.29. The largest absolute Gasteiger partial charge is 0.353 e. The van der Waals surface area contributed by atoms with Gasteiger partial charge in [0.25, 0.3) is 5.91 Å². The molecular formula is C16H21N5O. The molecule has 1 aromatic heterocycles. The first-order valence-corrected chi connectivity index (χ1v) is 7.14. The van der Waals surface area contributed by atoms with Gasteiger partial charge in [-0.05, 0) is 32.6 Å². The molecule has 2 aromatic rings. The molecule has 0 atom stereocenters. The van der Waals surface area contributed by atoms with Crippen LogP contribution in [0.4, 0.5) is 11.6 Å². The highest BCUT2D eigenvalue weighted by Gasteiger charge is 2.08. The van der Waals surface area contributed by atoms with Crippen LogP contribution < -0.4 is 10.6 Å². The predicted molar refractivity (Wildman–Crippen MR) is 88.2 cm³/mol. The van der Waals surface area contributed by atoms with E-state index in [1.165, 1.54) is 12.4 Å². The van der Waals surface area contributed by atoms with Crippen LogP contribution in [-0.2, 0) is 0 Å². The number of aryl methyl sites for hydroxylation is 1. The maximum Gasteiger partial charge on any atom is 0.258 e. The Hall–Kier alpha value is -2.47. The van der Waals surface area contributed by atoms with Crippen molar-refractivity contribution in [3.05, 3.63) is 47.8 Å². The highest BCUT2D eigenvalue weighted by molar-refractivity contribution is 6.04. The van der Waals surface area contributed by atoms with Gasteiger partial charge in [-0.1, -0.05) is 18.2 Å². The van der Waals surface area contributed by atoms with Crippen LogP contribution in [0.25, 0.3) is 0 Å². The highest BCUT2D eigenvalue weighted by Crippen LogP contribution is 2.14. The Morgan fingerprint density at radius 1 is 1.18 bits per heavy atom. The number of aromatic nitrogens is 2. The minimum atomic E-state index is -0.214. The van der Waals surface area contributed by atoms with Gasteiger partial charge in [-0.3, -0.25) is 4.79 Å². The van der Waals surface area contributed by atoms with Gasteiger partial charge in [0.05, 0.1) is 5.56 Å². The number of amides is 1. The Morgan fingerprint density at radius 2 is 1.86 bits per heavy atom. The van der Waals surface area contributed by atoms with Crippen molar-refractivity contribution in [1.82, 2.24) is 14.9 Å². The summed E-state index contributed by atoms with van der Waals surface area (Å²) in [5.41, 5.74) is 2.24. The van der Waals surface area contributed by atoms with Crippen LogP contribution in [0.5, 0.6) is 0 Å². The van der Waals surface area contributed by atoms with Crippen LogP contribution >= 0.6 is 0 Å². The van der Waals surface area contributed by atoms with E-state index in [9.17, 15) is 4.79 Å². The van der Waals surface area contributed by atoms with E-state index in [-0.39, 0.29) is 5.91 Å². The van der Waals surface area contributed by atoms with E-state index in [2.05, 4.69) is 25.5 Å². The van der Waals surface area contributed by atoms with Gasteiger partial charge in [-0.2, -0.15) is 0 Å². The maximum atomic E-state index is 12.2. The molecule has 0 radical (unpaired) electrons. The van der Waals surface area contributed by atoms with E-state index in [0.717, 1.165) is 24.3 Å². The summed E-state index contributed by atoms with van der Waals surface area (Å²) in [5, 5.41) is 5.96. The van der Waals surface area contributed by atoms with Crippen LogP contribution in [0.15, 0.2) is 36.7 Å². The number of carbonyl (C=O) groups excluding carboxylic acids is 1. The number of para-hydroxylation sites is 1. The molecule has 22 heavy (non-hydrogen) atoms. The number of rotatable bonds is 6. The summed E-state index contributed by atoms with van der Waals surface area (Å²) < 4.78 is 0. The SMILES string of the molecule is Cc1ccccc1NC(=O)c1cnc(NCCN(C)C)nc1. The fourth-order valence-corrected chi connectivity index (χ4v) is 1.84. The summed E-state index contributed by atoms with van der Waals surface area (Å²) in [6.07, 6.45) is 3.05. The van der Waals surface area contributed by atoms with Gasteiger partial charge in [-0.15, -0.1) is 0 Å². The van der Waals surface area contributed by atoms with E-state index >= 15 is 0 Å². The molecule has 1 aromatic carbocycles. The molecule has 0 aliphatic carbocycles. The molecule has 2 N–H and O–H groups in total. The van der Waals surface area contributed by atoms with Gasteiger partial charge in [0.1, 0.15) is 0 Å². The molecule has 0 unspecified atom stereocenters. The fraction of sp³-hybridized carbons (Fsp3) is 0.312. The number of nitrogens with one attached hydrogen (secondary N) is 2. The molecule has 0 saturated carbocycles. The van der Waals surface area contributed by atoms with Crippen molar-refractivity contribution in [2.45, 2.75) is 6.92 Å². The van der Waals surface area contributed by atoms with Gasteiger partial charge < -0.3 is 15.5 Å². The lowest BCUT2D eigenvalue weighted by atomic mass is 10.2. The molecule has 1 amide bonds. The van der Waals surface area contributed by atoms with Crippen LogP contribution in [0.1, 0.15) is 15.9 Å². The van der Waals surface area contributed by atoms with Crippen molar-refractivity contribution in [2.24, 2.45) is 0 Å². The van der Waals surface area contributed by atoms with Crippen molar-refractivity contribution in [2.75, 3.05) is 37.8 Å². The summed E-state index contributed by atoms with van der Waals surface area (Å²) in [5.74, 6) is 0.309. The van der Waals surface area contributed by atoms with Crippen molar-refractivity contribution in [1.29, 1.82) is 0 Å². The lowest BCUT2D eigenvalue weighted by Gasteiger charge is -2.10. The lowest BCUT2D eigenvalue weighted by molar-refractivity contribution is 0.102. The first-order valence-electron chi connectivity index (χ1n) is 7.14. The molecule has 0 fully saturated rings. The van der Waals surface area contributed by atoms with Crippen molar-refractivity contribution >= 4 is 17.5 Å². The van der Waals surface area contributed by atoms with Gasteiger partial charge in [0.2, 0.25) is 5.95 Å². The molecule has 0 spiro atoms. The molecule has 116 valence electrons. The van der Waals surface area contributed by atoms with E-state index in [4.69, 9.17) is 0 Å². The van der Waals surface area contributed by atoms with Gasteiger partial charge in [-0.25, -0.2) is 9.97 Å². The molecule has 6 nitrogen and oxygen atoms in total. The number of benzene rings is 1. The van der Waals surface area contributed by atoms with Gasteiger partial charge in [0, 0.05) is 31.2 Å². The zero-order chi connectivity index (χ0) is 15.9. The second-order valence-corrected chi connectivity index (χ2v) is 5.29. The summed E-state index contributed by atoms with van der Waals surface area (Å²) in [6, 6.07) is 7.63. The molecule has 0 aliphatic heterocycles. The number of hydrogen-bond acceptors (Lipinski definition) is 5. The Morgan fingerprint density at radius 3 is 2.50 bits per heavy atom. The third-order valence-electron chi connectivity index (χ3n) is 3.15. The van der Waals surface area contributed by atoms with Crippen LogP contribution in [0.2, 0.25) is 0 Å². The normalized spacial score (nSPS) is 10.5. The summed E-state index contributed by atoms with van der Waals surface area (Å²) in [7, 11) is 4.00. The van der Waals surface area contributed by atoms with E-state index in [0.29, 0.717) is 11.5 Å². The molecule has 2 rings (SSSR count). The standard InChI is InChI=1S/C16H21N5O/c1-12-6-4-5-7-14(12)20-15(22)13-10-18-16(19-11-13)17-8-9-21(2)3/h4-7,10-11H,8-9H2,1-3H3,(H,20,22)(H,17,18,19). The zero-order valence-corrected chi connectivity index (χ0v) is 13.1. The first kappa shape index (κ1) is 15.9. The quantitative estimate of drug-likeness (QED) is 0.854. The maximum absolute atomic E-state index is 12.2. The molecule has 0 bridgehead atoms. The summed E-state index contributed by atoms with van der Waals surface area (Å²) in [4.78, 5) is 22.5. The Balaban J connectivity index is 1.95. The average molecular weight is 299 g/mol. The monoisotopic (exact) mass is 299 g/mol. The smallest absolute Gasteiger partial charge is 0.258 e. The number of hydrogen-bond donors (Lipinski definition) is 2. The summed E-state index contributed by atoms with van der Waals surface area (Å²) >= 11 is 0. The van der Waals surface area contributed by atoms with Crippen molar-refractivity contribution in [3.63, 3.8) is 0 Å². The molecular weight excluding hydrogens is 278 g/mol. The molecule has 1 heterocycles. The minimum Gasteiger partial charge on any atom is -0.353 e.